The highest BCUT2D eigenvalue weighted by molar-refractivity contribution is 5.95. The largest absolute Gasteiger partial charge is 0.494 e. The van der Waals surface area contributed by atoms with Crippen LogP contribution in [0.25, 0.3) is 27.7 Å². The first-order chi connectivity index (χ1) is 21.5. The maximum atomic E-state index is 14.2. The molecule has 6 heteroatoms. The molecule has 0 saturated heterocycles. The highest BCUT2D eigenvalue weighted by atomic mass is 16.5. The van der Waals surface area contributed by atoms with Crippen LogP contribution in [0.5, 0.6) is 5.75 Å². The van der Waals surface area contributed by atoms with Gasteiger partial charge in [0.1, 0.15) is 11.6 Å². The maximum Gasteiger partial charge on any atom is 0.266 e. The summed E-state index contributed by atoms with van der Waals surface area (Å²) in [4.78, 5) is 35.2. The lowest BCUT2D eigenvalue weighted by atomic mass is 10.0. The number of benzene rings is 4. The quantitative estimate of drug-likeness (QED) is 0.129. The van der Waals surface area contributed by atoms with Gasteiger partial charge in [0.25, 0.3) is 11.5 Å². The van der Waals surface area contributed by atoms with Crippen LogP contribution in [0.4, 0.5) is 0 Å². The van der Waals surface area contributed by atoms with E-state index in [1.54, 1.807) is 10.6 Å². The number of hydrogen-bond acceptors (Lipinski definition) is 4. The van der Waals surface area contributed by atoms with Crippen molar-refractivity contribution in [3.63, 3.8) is 0 Å². The van der Waals surface area contributed by atoms with Crippen molar-refractivity contribution in [2.45, 2.75) is 58.9 Å². The Kier molecular flexibility index (Phi) is 10.2. The van der Waals surface area contributed by atoms with Crippen molar-refractivity contribution < 1.29 is 9.53 Å². The van der Waals surface area contributed by atoms with Gasteiger partial charge < -0.3 is 9.64 Å². The number of unbranched alkanes of at least 4 members (excludes halogenated alkanes) is 4. The van der Waals surface area contributed by atoms with Crippen molar-refractivity contribution in [1.29, 1.82) is 0 Å². The maximum absolute atomic E-state index is 14.2. The van der Waals surface area contributed by atoms with E-state index in [9.17, 15) is 9.59 Å². The topological polar surface area (TPSA) is 64.4 Å². The van der Waals surface area contributed by atoms with Gasteiger partial charge in [-0.1, -0.05) is 87.2 Å². The summed E-state index contributed by atoms with van der Waals surface area (Å²) in [6.45, 7) is 7.23. The molecule has 1 amide bonds. The van der Waals surface area contributed by atoms with Crippen molar-refractivity contribution >= 4 is 16.8 Å². The fourth-order valence-corrected chi connectivity index (χ4v) is 5.64. The Morgan fingerprint density at radius 2 is 1.45 bits per heavy atom. The van der Waals surface area contributed by atoms with Crippen molar-refractivity contribution in [3.05, 3.63) is 125 Å². The Bertz CT molecular complexity index is 1730. The van der Waals surface area contributed by atoms with E-state index in [2.05, 4.69) is 19.1 Å². The monoisotopic (exact) mass is 587 g/mol. The molecule has 0 saturated carbocycles. The molecule has 0 aliphatic rings. The van der Waals surface area contributed by atoms with Crippen LogP contribution in [-0.4, -0.2) is 33.5 Å². The molecule has 1 atom stereocenters. The summed E-state index contributed by atoms with van der Waals surface area (Å²) in [6, 6.07) is 32.3. The van der Waals surface area contributed by atoms with Crippen molar-refractivity contribution in [1.82, 2.24) is 14.5 Å². The molecule has 5 rings (SSSR count). The molecule has 5 aromatic rings. The molecule has 0 aliphatic heterocycles. The summed E-state index contributed by atoms with van der Waals surface area (Å²) in [7, 11) is 0. The standard InChI is InChI=1S/C38H41N3O3/c1-4-6-7-8-14-27-40(37(42)31-21-19-30(20-22-31)29-15-10-9-11-16-29)28(3)36-39-35-18-13-12-17-34(35)38(43)41(36)32-23-25-33(26-24-32)44-5-2/h9-13,15-26,28H,4-8,14,27H2,1-3H3. The second-order valence-corrected chi connectivity index (χ2v) is 11.1. The number of hydrogen-bond donors (Lipinski definition) is 0. The van der Waals surface area contributed by atoms with Crippen LogP contribution in [0.1, 0.15) is 75.1 Å². The van der Waals surface area contributed by atoms with E-state index in [1.807, 2.05) is 104 Å². The molecule has 0 N–H and O–H groups in total. The minimum Gasteiger partial charge on any atom is -0.494 e. The fraction of sp³-hybridized carbons (Fsp3) is 0.289. The molecular formula is C38H41N3O3. The lowest BCUT2D eigenvalue weighted by Gasteiger charge is -2.31. The number of aromatic nitrogens is 2. The van der Waals surface area contributed by atoms with Gasteiger partial charge in [0, 0.05) is 12.1 Å². The normalized spacial score (nSPS) is 11.8. The highest BCUT2D eigenvalue weighted by Crippen LogP contribution is 2.27. The number of carbonyl (C=O) groups is 1. The zero-order valence-electron chi connectivity index (χ0n) is 25.9. The zero-order chi connectivity index (χ0) is 30.9. The Morgan fingerprint density at radius 1 is 0.795 bits per heavy atom. The molecule has 0 aliphatic carbocycles. The van der Waals surface area contributed by atoms with Crippen LogP contribution in [0, 0.1) is 0 Å². The number of carbonyl (C=O) groups excluding carboxylic acids is 1. The predicted molar refractivity (Wildman–Crippen MR) is 179 cm³/mol. The van der Waals surface area contributed by atoms with E-state index in [-0.39, 0.29) is 11.5 Å². The van der Waals surface area contributed by atoms with Gasteiger partial charge in [-0.15, -0.1) is 0 Å². The number of fused-ring (bicyclic) bond motifs is 1. The average molecular weight is 588 g/mol. The smallest absolute Gasteiger partial charge is 0.266 e. The van der Waals surface area contributed by atoms with Gasteiger partial charge in [-0.3, -0.25) is 14.2 Å². The average Bonchev–Trinajstić information content (AvgIpc) is 3.07. The van der Waals surface area contributed by atoms with Crippen molar-refractivity contribution in [2.75, 3.05) is 13.2 Å². The summed E-state index contributed by atoms with van der Waals surface area (Å²) in [6.07, 6.45) is 5.37. The second-order valence-electron chi connectivity index (χ2n) is 11.1. The Morgan fingerprint density at radius 3 is 2.16 bits per heavy atom. The number of rotatable bonds is 13. The predicted octanol–water partition coefficient (Wildman–Crippen LogP) is 8.63. The van der Waals surface area contributed by atoms with Crippen LogP contribution < -0.4 is 10.3 Å². The molecule has 0 fully saturated rings. The van der Waals surface area contributed by atoms with Gasteiger partial charge >= 0.3 is 0 Å². The molecule has 1 aromatic heterocycles. The molecule has 0 radical (unpaired) electrons. The van der Waals surface area contributed by atoms with E-state index < -0.39 is 6.04 Å². The van der Waals surface area contributed by atoms with E-state index in [4.69, 9.17) is 9.72 Å². The third-order valence-electron chi connectivity index (χ3n) is 8.05. The molecule has 4 aromatic carbocycles. The first-order valence-electron chi connectivity index (χ1n) is 15.7. The van der Waals surface area contributed by atoms with Gasteiger partial charge in [0.15, 0.2) is 0 Å². The van der Waals surface area contributed by atoms with Gasteiger partial charge in [-0.25, -0.2) is 4.98 Å². The van der Waals surface area contributed by atoms with E-state index in [0.29, 0.717) is 41.1 Å². The molecule has 226 valence electrons. The molecule has 0 bridgehead atoms. The van der Waals surface area contributed by atoms with Gasteiger partial charge in [0.2, 0.25) is 0 Å². The Hall–Kier alpha value is -4.71. The SMILES string of the molecule is CCCCCCCN(C(=O)c1ccc(-c2ccccc2)cc1)C(C)c1nc2ccccc2c(=O)n1-c1ccc(OCC)cc1. The summed E-state index contributed by atoms with van der Waals surface area (Å²) in [5, 5.41) is 0.534. The first kappa shape index (κ1) is 30.7. The van der Waals surface area contributed by atoms with Gasteiger partial charge in [-0.2, -0.15) is 0 Å². The molecule has 1 heterocycles. The summed E-state index contributed by atoms with van der Waals surface area (Å²) in [5.41, 5.74) is 3.91. The zero-order valence-corrected chi connectivity index (χ0v) is 25.9. The van der Waals surface area contributed by atoms with Crippen molar-refractivity contribution in [3.8, 4) is 22.6 Å². The second kappa shape index (κ2) is 14.6. The summed E-state index contributed by atoms with van der Waals surface area (Å²) >= 11 is 0. The van der Waals surface area contributed by atoms with E-state index in [1.165, 1.54) is 6.42 Å². The lowest BCUT2D eigenvalue weighted by Crippen LogP contribution is -2.38. The fourth-order valence-electron chi connectivity index (χ4n) is 5.64. The summed E-state index contributed by atoms with van der Waals surface area (Å²) < 4.78 is 7.30. The Balaban J connectivity index is 1.55. The van der Waals surface area contributed by atoms with Crippen LogP contribution in [0.3, 0.4) is 0 Å². The number of ether oxygens (including phenoxy) is 1. The third kappa shape index (κ3) is 6.91. The van der Waals surface area contributed by atoms with Crippen molar-refractivity contribution in [2.24, 2.45) is 0 Å². The van der Waals surface area contributed by atoms with Crippen LogP contribution in [0.2, 0.25) is 0 Å². The van der Waals surface area contributed by atoms with Crippen LogP contribution >= 0.6 is 0 Å². The molecule has 6 nitrogen and oxygen atoms in total. The van der Waals surface area contributed by atoms with Crippen LogP contribution in [-0.2, 0) is 0 Å². The highest BCUT2D eigenvalue weighted by Gasteiger charge is 2.27. The van der Waals surface area contributed by atoms with E-state index in [0.717, 1.165) is 42.6 Å². The van der Waals surface area contributed by atoms with Gasteiger partial charge in [0.05, 0.1) is 29.2 Å². The number of nitrogens with zero attached hydrogens (tertiary/aromatic N) is 3. The van der Waals surface area contributed by atoms with Gasteiger partial charge in [-0.05, 0) is 79.9 Å². The molecule has 44 heavy (non-hydrogen) atoms. The number of para-hydroxylation sites is 1. The minimum absolute atomic E-state index is 0.0757. The molecule has 1 unspecified atom stereocenters. The van der Waals surface area contributed by atoms with Crippen LogP contribution in [0.15, 0.2) is 108 Å². The number of amides is 1. The molecule has 0 spiro atoms. The molecular weight excluding hydrogens is 546 g/mol. The van der Waals surface area contributed by atoms with E-state index >= 15 is 0 Å². The summed E-state index contributed by atoms with van der Waals surface area (Å²) in [5.74, 6) is 1.18. The minimum atomic E-state index is -0.466. The Labute approximate surface area is 260 Å². The first-order valence-corrected chi connectivity index (χ1v) is 15.7. The lowest BCUT2D eigenvalue weighted by molar-refractivity contribution is 0.0677. The third-order valence-corrected chi connectivity index (χ3v) is 8.05.